The molecule has 1 aromatic rings. The summed E-state index contributed by atoms with van der Waals surface area (Å²) in [6.45, 7) is 4.73. The lowest BCUT2D eigenvalue weighted by molar-refractivity contribution is 0.315. The van der Waals surface area contributed by atoms with Gasteiger partial charge in [-0.3, -0.25) is 0 Å². The first-order valence-corrected chi connectivity index (χ1v) is 6.81. The van der Waals surface area contributed by atoms with Gasteiger partial charge in [-0.2, -0.15) is 0 Å². The van der Waals surface area contributed by atoms with Crippen LogP contribution in [0.5, 0.6) is 0 Å². The molecular weight excluding hydrogens is 188 g/mol. The molecule has 0 saturated carbocycles. The summed E-state index contributed by atoms with van der Waals surface area (Å²) in [6.07, 6.45) is 0. The van der Waals surface area contributed by atoms with Crippen molar-refractivity contribution >= 4 is 9.04 Å². The molecule has 14 heavy (non-hydrogen) atoms. The summed E-state index contributed by atoms with van der Waals surface area (Å²) in [4.78, 5) is 0. The zero-order valence-electron chi connectivity index (χ0n) is 8.79. The maximum atomic E-state index is 5.78. The van der Waals surface area contributed by atoms with Gasteiger partial charge in [0, 0.05) is 0 Å². The van der Waals surface area contributed by atoms with E-state index in [0.717, 1.165) is 6.04 Å². The fraction of sp³-hybridized carbons (Fsp3) is 0.333. The van der Waals surface area contributed by atoms with Gasteiger partial charge in [0.25, 0.3) is 9.04 Å². The Morgan fingerprint density at radius 3 is 2.57 bits per heavy atom. The number of hydrogen-bond donors (Lipinski definition) is 0. The normalized spacial score (nSPS) is 11.6. The average Bonchev–Trinajstić information content (AvgIpc) is 2.25. The molecule has 74 valence electrons. The fourth-order valence-corrected chi connectivity index (χ4v) is 2.43. The predicted molar refractivity (Wildman–Crippen MR) is 62.3 cm³/mol. The van der Waals surface area contributed by atoms with Gasteiger partial charge in [0.15, 0.2) is 0 Å². The van der Waals surface area contributed by atoms with Crippen LogP contribution in [0.3, 0.4) is 0 Å². The Morgan fingerprint density at radius 1 is 1.29 bits per heavy atom. The zero-order valence-corrected chi connectivity index (χ0v) is 9.94. The molecule has 2 heteroatoms. The van der Waals surface area contributed by atoms with Crippen LogP contribution in [0.25, 0.3) is 0 Å². The van der Waals surface area contributed by atoms with Gasteiger partial charge in [0.1, 0.15) is 0 Å². The van der Waals surface area contributed by atoms with Gasteiger partial charge < -0.3 is 4.43 Å². The molecule has 1 unspecified atom stereocenters. The molecule has 1 atom stereocenters. The van der Waals surface area contributed by atoms with E-state index in [1.807, 2.05) is 25.1 Å². The lowest BCUT2D eigenvalue weighted by atomic mass is 10.2. The van der Waals surface area contributed by atoms with E-state index in [2.05, 4.69) is 30.5 Å². The lowest BCUT2D eigenvalue weighted by Gasteiger charge is -2.08. The Kier molecular flexibility index (Phi) is 5.06. The average molecular weight is 204 g/mol. The highest BCUT2D eigenvalue weighted by Crippen LogP contribution is 2.03. The monoisotopic (exact) mass is 204 g/mol. The van der Waals surface area contributed by atoms with E-state index in [-0.39, 0.29) is 0 Å². The summed E-state index contributed by atoms with van der Waals surface area (Å²) in [5, 5.41) is 0. The van der Waals surface area contributed by atoms with Crippen molar-refractivity contribution in [2.45, 2.75) is 26.5 Å². The van der Waals surface area contributed by atoms with Gasteiger partial charge in [0.2, 0.25) is 0 Å². The van der Waals surface area contributed by atoms with Crippen LogP contribution >= 0.6 is 0 Å². The van der Waals surface area contributed by atoms with E-state index in [9.17, 15) is 0 Å². The molecular formula is C12H16OSi. The van der Waals surface area contributed by atoms with Crippen molar-refractivity contribution in [1.82, 2.24) is 0 Å². The maximum absolute atomic E-state index is 5.78. The Bertz CT molecular complexity index is 310. The van der Waals surface area contributed by atoms with Crippen LogP contribution in [0, 0.1) is 11.5 Å². The summed E-state index contributed by atoms with van der Waals surface area (Å²) in [7, 11) is -1.24. The zero-order chi connectivity index (χ0) is 10.2. The van der Waals surface area contributed by atoms with Gasteiger partial charge >= 0.3 is 0 Å². The highest BCUT2D eigenvalue weighted by molar-refractivity contribution is 6.61. The molecule has 0 heterocycles. The molecule has 0 radical (unpaired) electrons. The maximum Gasteiger partial charge on any atom is 0.256 e. The van der Waals surface area contributed by atoms with Gasteiger partial charge in [-0.1, -0.05) is 37.3 Å². The van der Waals surface area contributed by atoms with E-state index in [4.69, 9.17) is 4.43 Å². The summed E-state index contributed by atoms with van der Waals surface area (Å²) < 4.78 is 5.78. The minimum Gasteiger partial charge on any atom is -0.404 e. The number of rotatable bonds is 4. The van der Waals surface area contributed by atoms with Crippen LogP contribution in [0.15, 0.2) is 30.3 Å². The second-order valence-electron chi connectivity index (χ2n) is 3.09. The number of hydrogen-bond acceptors (Lipinski definition) is 1. The topological polar surface area (TPSA) is 9.23 Å². The van der Waals surface area contributed by atoms with E-state index < -0.39 is 9.04 Å². The highest BCUT2D eigenvalue weighted by atomic mass is 28.3. The molecule has 0 fully saturated rings. The van der Waals surface area contributed by atoms with Crippen LogP contribution in [0.4, 0.5) is 0 Å². The quantitative estimate of drug-likeness (QED) is 0.541. The largest absolute Gasteiger partial charge is 0.404 e. The standard InChI is InChI=1S/C12H16OSi/c1-3-10-14(4-2)13-11-12-8-6-5-7-9-12/h5-9,14H,4,11H2,1-2H3. The van der Waals surface area contributed by atoms with Crippen molar-refractivity contribution in [2.24, 2.45) is 0 Å². The molecule has 0 bridgehead atoms. The van der Waals surface area contributed by atoms with E-state index in [1.165, 1.54) is 5.56 Å². The van der Waals surface area contributed by atoms with Crippen molar-refractivity contribution in [2.75, 3.05) is 0 Å². The Labute approximate surface area is 87.8 Å². The second kappa shape index (κ2) is 6.42. The van der Waals surface area contributed by atoms with Gasteiger partial charge in [-0.25, -0.2) is 0 Å². The SMILES string of the molecule is CC#C[SiH](CC)OCc1ccccc1. The van der Waals surface area contributed by atoms with Crippen LogP contribution in [-0.2, 0) is 11.0 Å². The third kappa shape index (κ3) is 3.78. The minimum absolute atomic E-state index is 0.709. The molecule has 0 spiro atoms. The van der Waals surface area contributed by atoms with Crippen molar-refractivity contribution in [3.63, 3.8) is 0 Å². The Morgan fingerprint density at radius 2 is 2.00 bits per heavy atom. The first-order chi connectivity index (χ1) is 6.86. The van der Waals surface area contributed by atoms with Gasteiger partial charge in [-0.15, -0.1) is 11.5 Å². The van der Waals surface area contributed by atoms with Crippen LogP contribution in [0.2, 0.25) is 6.04 Å². The lowest BCUT2D eigenvalue weighted by Crippen LogP contribution is -2.14. The van der Waals surface area contributed by atoms with Crippen LogP contribution in [0.1, 0.15) is 19.4 Å². The molecule has 0 saturated heterocycles. The van der Waals surface area contributed by atoms with Crippen LogP contribution < -0.4 is 0 Å². The van der Waals surface area contributed by atoms with Crippen molar-refractivity contribution in [3.8, 4) is 11.5 Å². The number of benzene rings is 1. The molecule has 1 nitrogen and oxygen atoms in total. The third-order valence-electron chi connectivity index (χ3n) is 1.97. The van der Waals surface area contributed by atoms with Crippen molar-refractivity contribution < 1.29 is 4.43 Å². The van der Waals surface area contributed by atoms with E-state index in [1.54, 1.807) is 0 Å². The first-order valence-electron chi connectivity index (χ1n) is 4.94. The molecule has 1 aromatic carbocycles. The molecule has 0 aliphatic heterocycles. The fourth-order valence-electron chi connectivity index (χ4n) is 1.19. The molecule has 1 rings (SSSR count). The highest BCUT2D eigenvalue weighted by Gasteiger charge is 2.04. The van der Waals surface area contributed by atoms with Crippen molar-refractivity contribution in [1.29, 1.82) is 0 Å². The molecule has 0 aliphatic rings. The summed E-state index contributed by atoms with van der Waals surface area (Å²) in [5.74, 6) is 2.94. The molecule has 0 N–H and O–H groups in total. The second-order valence-corrected chi connectivity index (χ2v) is 5.50. The first kappa shape index (κ1) is 11.0. The van der Waals surface area contributed by atoms with Gasteiger partial charge in [-0.05, 0) is 18.5 Å². The van der Waals surface area contributed by atoms with E-state index >= 15 is 0 Å². The van der Waals surface area contributed by atoms with Gasteiger partial charge in [0.05, 0.1) is 6.61 Å². The van der Waals surface area contributed by atoms with E-state index in [0.29, 0.717) is 6.61 Å². The Hall–Kier alpha value is -1.04. The summed E-state index contributed by atoms with van der Waals surface area (Å²) >= 11 is 0. The summed E-state index contributed by atoms with van der Waals surface area (Å²) in [5.41, 5.74) is 4.40. The molecule has 0 aromatic heterocycles. The third-order valence-corrected chi connectivity index (χ3v) is 3.89. The van der Waals surface area contributed by atoms with Crippen molar-refractivity contribution in [3.05, 3.63) is 35.9 Å². The molecule has 0 aliphatic carbocycles. The summed E-state index contributed by atoms with van der Waals surface area (Å²) in [6, 6.07) is 11.3. The Balaban J connectivity index is 2.42. The molecule has 0 amide bonds. The van der Waals surface area contributed by atoms with Crippen LogP contribution in [-0.4, -0.2) is 9.04 Å². The predicted octanol–water partition coefficient (Wildman–Crippen LogP) is 2.51. The smallest absolute Gasteiger partial charge is 0.256 e. The minimum atomic E-state index is -1.24.